The first-order chi connectivity index (χ1) is 20.6. The van der Waals surface area contributed by atoms with Gasteiger partial charge >= 0.3 is 12.2 Å². The predicted molar refractivity (Wildman–Crippen MR) is 163 cm³/mol. The van der Waals surface area contributed by atoms with E-state index in [1.165, 1.54) is 6.07 Å². The number of benzene rings is 1. The molecule has 0 aromatic heterocycles. The van der Waals surface area contributed by atoms with Gasteiger partial charge < -0.3 is 19.7 Å². The van der Waals surface area contributed by atoms with Gasteiger partial charge in [-0.1, -0.05) is 18.2 Å². The minimum absolute atomic E-state index is 0.0189. The van der Waals surface area contributed by atoms with Crippen molar-refractivity contribution in [2.24, 2.45) is 11.3 Å². The Bertz CT molecular complexity index is 1380. The average Bonchev–Trinajstić information content (AvgIpc) is 3.53. The summed E-state index contributed by atoms with van der Waals surface area (Å²) in [7, 11) is 0. The fourth-order valence-electron chi connectivity index (χ4n) is 7.11. The fraction of sp³-hybridized carbons (Fsp3) is 0.647. The van der Waals surface area contributed by atoms with Gasteiger partial charge in [-0.25, -0.2) is 14.0 Å². The SMILES string of the molecule is CC(C)(C)OC(=O)N1CCC2(C=C(c3ccc(C[C@@H](C#N)NC(=O)[C@@H]4[C@H]5CC[C@H](C5)N4C(=O)OC(C)(C)C)c(F)c3)C2)CC1. The maximum absolute atomic E-state index is 15.3. The van der Waals surface area contributed by atoms with E-state index in [2.05, 4.69) is 17.5 Å². The quantitative estimate of drug-likeness (QED) is 0.441. The Labute approximate surface area is 259 Å². The van der Waals surface area contributed by atoms with E-state index in [1.54, 1.807) is 36.6 Å². The number of fused-ring (bicyclic) bond motifs is 2. The molecule has 2 saturated heterocycles. The van der Waals surface area contributed by atoms with Crippen molar-refractivity contribution >= 4 is 23.7 Å². The third-order valence-electron chi connectivity index (χ3n) is 9.21. The Morgan fingerprint density at radius 1 is 1.07 bits per heavy atom. The van der Waals surface area contributed by atoms with Crippen LogP contribution in [0.25, 0.3) is 5.57 Å². The van der Waals surface area contributed by atoms with Crippen molar-refractivity contribution in [3.8, 4) is 6.07 Å². The first-order valence-corrected chi connectivity index (χ1v) is 15.8. The summed E-state index contributed by atoms with van der Waals surface area (Å²) >= 11 is 0. The Morgan fingerprint density at radius 3 is 2.30 bits per heavy atom. The van der Waals surface area contributed by atoms with Gasteiger partial charge in [-0.05, 0) is 114 Å². The average molecular weight is 609 g/mol. The largest absolute Gasteiger partial charge is 0.444 e. The van der Waals surface area contributed by atoms with Gasteiger partial charge in [0, 0.05) is 25.6 Å². The van der Waals surface area contributed by atoms with E-state index in [9.17, 15) is 19.6 Å². The van der Waals surface area contributed by atoms with E-state index in [-0.39, 0.29) is 29.9 Å². The molecule has 1 aromatic carbocycles. The summed E-state index contributed by atoms with van der Waals surface area (Å²) in [5.74, 6) is -0.797. The van der Waals surface area contributed by atoms with Crippen LogP contribution in [0, 0.1) is 28.5 Å². The Morgan fingerprint density at radius 2 is 1.70 bits per heavy atom. The summed E-state index contributed by atoms with van der Waals surface area (Å²) in [6.45, 7) is 12.2. The molecule has 1 spiro atoms. The Kier molecular flexibility index (Phi) is 8.47. The lowest BCUT2D eigenvalue weighted by atomic mass is 9.64. The molecule has 3 amide bonds. The van der Waals surface area contributed by atoms with Gasteiger partial charge in [-0.3, -0.25) is 9.69 Å². The zero-order valence-electron chi connectivity index (χ0n) is 26.7. The van der Waals surface area contributed by atoms with Crippen LogP contribution in [-0.2, 0) is 20.7 Å². The molecule has 1 saturated carbocycles. The number of piperidine rings is 2. The number of nitrogens with one attached hydrogen (secondary N) is 1. The van der Waals surface area contributed by atoms with Crippen LogP contribution in [0.4, 0.5) is 14.0 Å². The summed E-state index contributed by atoms with van der Waals surface area (Å²) in [5, 5.41) is 12.6. The summed E-state index contributed by atoms with van der Waals surface area (Å²) in [5.41, 5.74) is 1.03. The zero-order chi connectivity index (χ0) is 32.0. The van der Waals surface area contributed by atoms with Crippen molar-refractivity contribution in [2.75, 3.05) is 13.1 Å². The topological polar surface area (TPSA) is 112 Å². The third kappa shape index (κ3) is 6.87. The number of allylic oxidation sites excluding steroid dienone is 2. The van der Waals surface area contributed by atoms with E-state index in [1.807, 2.05) is 26.8 Å². The van der Waals surface area contributed by atoms with Crippen molar-refractivity contribution in [1.82, 2.24) is 15.1 Å². The predicted octanol–water partition coefficient (Wildman–Crippen LogP) is 5.97. The van der Waals surface area contributed by atoms with Crippen molar-refractivity contribution in [3.63, 3.8) is 0 Å². The standard InChI is InChI=1S/C34H45FN4O5/c1-32(2,3)43-30(41)38-13-11-34(12-14-38)18-24(19-34)21-7-8-22(27(35)17-21)15-25(20-36)37-29(40)28-23-9-10-26(16-23)39(28)31(42)44-33(4,5)6/h7-8,17-18,23,25-26,28H,9-16,19H2,1-6H3,(H,37,40)/t23-,25-,26+,28-/m0/s1. The van der Waals surface area contributed by atoms with Crippen LogP contribution in [0.3, 0.4) is 0 Å². The molecule has 2 aliphatic heterocycles. The number of carbonyl (C=O) groups is 3. The van der Waals surface area contributed by atoms with Crippen molar-refractivity contribution in [2.45, 2.75) is 116 Å². The highest BCUT2D eigenvalue weighted by molar-refractivity contribution is 5.87. The van der Waals surface area contributed by atoms with Crippen LogP contribution in [0.15, 0.2) is 24.3 Å². The number of likely N-dealkylation sites (tertiary alicyclic amines) is 2. The maximum atomic E-state index is 15.3. The second-order valence-electron chi connectivity index (χ2n) is 14.9. The molecule has 1 N–H and O–H groups in total. The normalized spacial score (nSPS) is 24.7. The summed E-state index contributed by atoms with van der Waals surface area (Å²) in [6, 6.07) is 5.46. The van der Waals surface area contributed by atoms with E-state index in [0.717, 1.165) is 49.7 Å². The number of nitriles is 1. The van der Waals surface area contributed by atoms with Crippen molar-refractivity contribution in [3.05, 3.63) is 41.2 Å². The molecule has 238 valence electrons. The first kappa shape index (κ1) is 31.8. The van der Waals surface area contributed by atoms with E-state index in [0.29, 0.717) is 18.7 Å². The van der Waals surface area contributed by atoms with Crippen molar-refractivity contribution in [1.29, 1.82) is 5.26 Å². The molecule has 1 aromatic rings. The van der Waals surface area contributed by atoms with Gasteiger partial charge in [0.15, 0.2) is 0 Å². The van der Waals surface area contributed by atoms with Gasteiger partial charge in [0.25, 0.3) is 0 Å². The van der Waals surface area contributed by atoms with Crippen LogP contribution < -0.4 is 5.32 Å². The first-order valence-electron chi connectivity index (χ1n) is 15.8. The second-order valence-corrected chi connectivity index (χ2v) is 14.9. The second kappa shape index (κ2) is 11.7. The van der Waals surface area contributed by atoms with Crippen molar-refractivity contribution < 1.29 is 28.2 Å². The molecule has 10 heteroatoms. The minimum atomic E-state index is -0.941. The van der Waals surface area contributed by atoms with Crippen LogP contribution in [-0.4, -0.2) is 70.3 Å². The number of nitrogens with zero attached hydrogens (tertiary/aromatic N) is 3. The highest BCUT2D eigenvalue weighted by Gasteiger charge is 2.52. The Balaban J connectivity index is 1.18. The molecule has 0 unspecified atom stereocenters. The lowest BCUT2D eigenvalue weighted by Crippen LogP contribution is -2.55. The van der Waals surface area contributed by atoms with E-state index >= 15 is 4.39 Å². The lowest BCUT2D eigenvalue weighted by Gasteiger charge is -2.46. The molecular formula is C34H45FN4O5. The number of halogens is 1. The molecule has 2 bridgehead atoms. The number of rotatable bonds is 5. The summed E-state index contributed by atoms with van der Waals surface area (Å²) in [4.78, 5) is 42.0. The van der Waals surface area contributed by atoms with Crippen LogP contribution in [0.2, 0.25) is 0 Å². The molecule has 2 heterocycles. The number of ether oxygens (including phenoxy) is 2. The molecule has 44 heavy (non-hydrogen) atoms. The third-order valence-corrected chi connectivity index (χ3v) is 9.21. The van der Waals surface area contributed by atoms with E-state index < -0.39 is 41.1 Å². The smallest absolute Gasteiger partial charge is 0.411 e. The van der Waals surface area contributed by atoms with Gasteiger partial charge in [0.1, 0.15) is 29.1 Å². The lowest BCUT2D eigenvalue weighted by molar-refractivity contribution is -0.128. The van der Waals surface area contributed by atoms with Gasteiger partial charge in [0.05, 0.1) is 6.07 Å². The molecule has 3 fully saturated rings. The highest BCUT2D eigenvalue weighted by Crippen LogP contribution is 2.51. The molecule has 0 radical (unpaired) electrons. The fourth-order valence-corrected chi connectivity index (χ4v) is 7.11. The molecule has 4 aliphatic rings. The molecule has 9 nitrogen and oxygen atoms in total. The summed E-state index contributed by atoms with van der Waals surface area (Å²) < 4.78 is 26.4. The molecule has 5 rings (SSSR count). The maximum Gasteiger partial charge on any atom is 0.411 e. The highest BCUT2D eigenvalue weighted by atomic mass is 19.1. The van der Waals surface area contributed by atoms with Crippen LogP contribution in [0.1, 0.15) is 91.2 Å². The number of hydrogen-bond donors (Lipinski definition) is 1. The monoisotopic (exact) mass is 608 g/mol. The summed E-state index contributed by atoms with van der Waals surface area (Å²) in [6.07, 6.45) is 6.34. The molecule has 2 aliphatic carbocycles. The zero-order valence-corrected chi connectivity index (χ0v) is 26.7. The van der Waals surface area contributed by atoms with Crippen LogP contribution in [0.5, 0.6) is 0 Å². The van der Waals surface area contributed by atoms with Gasteiger partial charge in [-0.2, -0.15) is 5.26 Å². The Hall–Kier alpha value is -3.61. The molecular weight excluding hydrogens is 563 g/mol. The van der Waals surface area contributed by atoms with E-state index in [4.69, 9.17) is 9.47 Å². The van der Waals surface area contributed by atoms with Gasteiger partial charge in [0.2, 0.25) is 5.91 Å². The minimum Gasteiger partial charge on any atom is -0.444 e. The molecule has 4 atom stereocenters. The van der Waals surface area contributed by atoms with Crippen LogP contribution >= 0.6 is 0 Å². The number of carbonyl (C=O) groups excluding carboxylic acids is 3. The number of hydrogen-bond acceptors (Lipinski definition) is 6. The number of amides is 3. The van der Waals surface area contributed by atoms with Gasteiger partial charge in [-0.15, -0.1) is 0 Å².